The van der Waals surface area contributed by atoms with Gasteiger partial charge in [0.1, 0.15) is 17.2 Å². The summed E-state index contributed by atoms with van der Waals surface area (Å²) in [5.74, 6) is 0.158. The highest BCUT2D eigenvalue weighted by Crippen LogP contribution is 2.19. The molecule has 1 aromatic heterocycles. The van der Waals surface area contributed by atoms with Crippen LogP contribution in [-0.4, -0.2) is 34.5 Å². The van der Waals surface area contributed by atoms with Crippen molar-refractivity contribution in [2.24, 2.45) is 12.8 Å². The molecule has 1 rings (SSSR count). The SMILES string of the molecule is CNc1c(NC(=O)C(=N)C(C)N)cnn1C. The Balaban J connectivity index is 2.81. The fourth-order valence-electron chi connectivity index (χ4n) is 1.22. The largest absolute Gasteiger partial charge is 0.372 e. The Bertz CT molecular complexity index is 408. The molecule has 5 N–H and O–H groups in total. The molecule has 0 aromatic carbocycles. The van der Waals surface area contributed by atoms with Gasteiger partial charge in [-0.25, -0.2) is 0 Å². The van der Waals surface area contributed by atoms with Crippen LogP contribution in [0.25, 0.3) is 0 Å². The number of hydrogen-bond donors (Lipinski definition) is 4. The Morgan fingerprint density at radius 3 is 2.81 bits per heavy atom. The van der Waals surface area contributed by atoms with Gasteiger partial charge in [-0.1, -0.05) is 0 Å². The van der Waals surface area contributed by atoms with E-state index in [0.29, 0.717) is 11.5 Å². The van der Waals surface area contributed by atoms with E-state index in [4.69, 9.17) is 11.1 Å². The second kappa shape index (κ2) is 4.75. The number of nitrogens with one attached hydrogen (secondary N) is 3. The molecule has 16 heavy (non-hydrogen) atoms. The summed E-state index contributed by atoms with van der Waals surface area (Å²) in [6, 6.07) is -0.588. The maximum Gasteiger partial charge on any atom is 0.271 e. The molecule has 0 spiro atoms. The van der Waals surface area contributed by atoms with Crippen molar-refractivity contribution in [2.75, 3.05) is 17.7 Å². The van der Waals surface area contributed by atoms with Crippen molar-refractivity contribution >= 4 is 23.1 Å². The van der Waals surface area contributed by atoms with Crippen LogP contribution in [0.5, 0.6) is 0 Å². The first kappa shape index (κ1) is 12.2. The van der Waals surface area contributed by atoms with Crippen LogP contribution >= 0.6 is 0 Å². The Hall–Kier alpha value is -1.89. The molecule has 0 aliphatic heterocycles. The Morgan fingerprint density at radius 2 is 2.31 bits per heavy atom. The van der Waals surface area contributed by atoms with Crippen LogP contribution in [0.3, 0.4) is 0 Å². The summed E-state index contributed by atoms with van der Waals surface area (Å²) in [4.78, 5) is 11.6. The monoisotopic (exact) mass is 224 g/mol. The molecule has 0 bridgehead atoms. The van der Waals surface area contributed by atoms with Gasteiger partial charge in [-0.05, 0) is 6.92 Å². The quantitative estimate of drug-likeness (QED) is 0.529. The Kier molecular flexibility index (Phi) is 3.62. The van der Waals surface area contributed by atoms with Crippen LogP contribution in [0, 0.1) is 5.41 Å². The normalized spacial score (nSPS) is 12.0. The van der Waals surface area contributed by atoms with Crippen LogP contribution in [0.1, 0.15) is 6.92 Å². The number of carbonyl (C=O) groups excluding carboxylic acids is 1. The zero-order chi connectivity index (χ0) is 12.3. The number of carbonyl (C=O) groups is 1. The molecule has 0 aliphatic rings. The number of hydrogen-bond acceptors (Lipinski definition) is 5. The lowest BCUT2D eigenvalue weighted by Crippen LogP contribution is -2.36. The molecule has 0 radical (unpaired) electrons. The molecule has 1 unspecified atom stereocenters. The van der Waals surface area contributed by atoms with Crippen LogP contribution in [0.15, 0.2) is 6.20 Å². The van der Waals surface area contributed by atoms with Crippen molar-refractivity contribution in [1.82, 2.24) is 9.78 Å². The fourth-order valence-corrected chi connectivity index (χ4v) is 1.22. The molecule has 88 valence electrons. The van der Waals surface area contributed by atoms with E-state index in [1.165, 1.54) is 6.20 Å². The van der Waals surface area contributed by atoms with E-state index in [0.717, 1.165) is 0 Å². The van der Waals surface area contributed by atoms with Gasteiger partial charge in [-0.2, -0.15) is 5.10 Å². The molecule has 0 saturated heterocycles. The summed E-state index contributed by atoms with van der Waals surface area (Å²) in [6.07, 6.45) is 1.51. The highest BCUT2D eigenvalue weighted by molar-refractivity contribution is 6.43. The van der Waals surface area contributed by atoms with E-state index >= 15 is 0 Å². The first-order chi connectivity index (χ1) is 7.47. The fraction of sp³-hybridized carbons (Fsp3) is 0.444. The minimum absolute atomic E-state index is 0.161. The van der Waals surface area contributed by atoms with Gasteiger partial charge in [0.15, 0.2) is 0 Å². The van der Waals surface area contributed by atoms with E-state index < -0.39 is 11.9 Å². The highest BCUT2D eigenvalue weighted by Gasteiger charge is 2.16. The number of anilines is 2. The lowest BCUT2D eigenvalue weighted by Gasteiger charge is -2.09. The summed E-state index contributed by atoms with van der Waals surface area (Å²) in [7, 11) is 3.47. The number of aromatic nitrogens is 2. The van der Waals surface area contributed by atoms with Crippen molar-refractivity contribution in [2.45, 2.75) is 13.0 Å². The number of aryl methyl sites for hydroxylation is 1. The third-order valence-corrected chi connectivity index (χ3v) is 2.12. The molecule has 0 fully saturated rings. The molecule has 1 atom stereocenters. The van der Waals surface area contributed by atoms with Crippen molar-refractivity contribution in [1.29, 1.82) is 5.41 Å². The zero-order valence-electron chi connectivity index (χ0n) is 9.53. The maximum atomic E-state index is 11.6. The lowest BCUT2D eigenvalue weighted by atomic mass is 10.2. The maximum absolute atomic E-state index is 11.6. The number of nitrogens with two attached hydrogens (primary N) is 1. The number of nitrogens with zero attached hydrogens (tertiary/aromatic N) is 2. The van der Waals surface area contributed by atoms with Crippen molar-refractivity contribution in [3.63, 3.8) is 0 Å². The first-order valence-corrected chi connectivity index (χ1v) is 4.82. The third-order valence-electron chi connectivity index (χ3n) is 2.12. The van der Waals surface area contributed by atoms with Gasteiger partial charge in [-0.15, -0.1) is 0 Å². The van der Waals surface area contributed by atoms with E-state index in [1.807, 2.05) is 0 Å². The summed E-state index contributed by atoms with van der Waals surface area (Å²) in [6.45, 7) is 1.59. The second-order valence-electron chi connectivity index (χ2n) is 3.44. The van der Waals surface area contributed by atoms with Crippen molar-refractivity contribution in [3.8, 4) is 0 Å². The number of amides is 1. The second-order valence-corrected chi connectivity index (χ2v) is 3.44. The van der Waals surface area contributed by atoms with Gasteiger partial charge >= 0.3 is 0 Å². The molecular formula is C9H16N6O. The minimum atomic E-state index is -0.588. The summed E-state index contributed by atoms with van der Waals surface area (Å²) < 4.78 is 1.59. The van der Waals surface area contributed by atoms with Gasteiger partial charge < -0.3 is 16.4 Å². The molecule has 1 heterocycles. The molecule has 7 nitrogen and oxygen atoms in total. The van der Waals surface area contributed by atoms with Gasteiger partial charge in [-0.3, -0.25) is 14.9 Å². The zero-order valence-corrected chi connectivity index (χ0v) is 9.53. The van der Waals surface area contributed by atoms with Gasteiger partial charge in [0.25, 0.3) is 5.91 Å². The van der Waals surface area contributed by atoms with Crippen LogP contribution < -0.4 is 16.4 Å². The Morgan fingerprint density at radius 1 is 1.69 bits per heavy atom. The van der Waals surface area contributed by atoms with E-state index in [9.17, 15) is 4.79 Å². The number of rotatable bonds is 4. The van der Waals surface area contributed by atoms with Crippen molar-refractivity contribution in [3.05, 3.63) is 6.20 Å². The molecular weight excluding hydrogens is 208 g/mol. The summed E-state index contributed by atoms with van der Waals surface area (Å²) in [5, 5.41) is 16.9. The Labute approximate surface area is 93.5 Å². The predicted octanol–water partition coefficient (Wildman–Crippen LogP) is -0.233. The van der Waals surface area contributed by atoms with Gasteiger partial charge in [0, 0.05) is 20.1 Å². The minimum Gasteiger partial charge on any atom is -0.372 e. The van der Waals surface area contributed by atoms with Crippen LogP contribution in [0.4, 0.5) is 11.5 Å². The van der Waals surface area contributed by atoms with Gasteiger partial charge in [0.2, 0.25) is 0 Å². The summed E-state index contributed by atoms with van der Waals surface area (Å²) in [5.41, 5.74) is 5.81. The van der Waals surface area contributed by atoms with Crippen LogP contribution in [0.2, 0.25) is 0 Å². The third kappa shape index (κ3) is 2.37. The van der Waals surface area contributed by atoms with E-state index in [-0.39, 0.29) is 5.71 Å². The first-order valence-electron chi connectivity index (χ1n) is 4.82. The van der Waals surface area contributed by atoms with E-state index in [2.05, 4.69) is 15.7 Å². The molecule has 0 aliphatic carbocycles. The standard InChI is InChI=1S/C9H16N6O/c1-5(10)7(11)9(16)14-6-4-13-15(3)8(6)12-2/h4-5,11-12H,10H2,1-3H3,(H,14,16). The van der Waals surface area contributed by atoms with Crippen molar-refractivity contribution < 1.29 is 4.79 Å². The molecule has 1 aromatic rings. The van der Waals surface area contributed by atoms with Gasteiger partial charge in [0.05, 0.1) is 6.20 Å². The lowest BCUT2D eigenvalue weighted by molar-refractivity contribution is -0.110. The van der Waals surface area contributed by atoms with E-state index in [1.54, 1.807) is 25.7 Å². The topological polar surface area (TPSA) is 109 Å². The average Bonchev–Trinajstić information content (AvgIpc) is 2.57. The molecule has 0 saturated carbocycles. The predicted molar refractivity (Wildman–Crippen MR) is 62.8 cm³/mol. The average molecular weight is 224 g/mol. The highest BCUT2D eigenvalue weighted by atomic mass is 16.1. The molecule has 7 heteroatoms. The smallest absolute Gasteiger partial charge is 0.271 e. The summed E-state index contributed by atoms with van der Waals surface area (Å²) >= 11 is 0. The van der Waals surface area contributed by atoms with Crippen LogP contribution in [-0.2, 0) is 11.8 Å². The molecule has 1 amide bonds.